The van der Waals surface area contributed by atoms with Crippen LogP contribution in [-0.2, 0) is 21.3 Å². The van der Waals surface area contributed by atoms with Crippen molar-refractivity contribution in [1.82, 2.24) is 0 Å². The van der Waals surface area contributed by atoms with Crippen molar-refractivity contribution in [2.75, 3.05) is 12.0 Å². The number of aryl methyl sites for hydroxylation is 1. The number of benzene rings is 1. The summed E-state index contributed by atoms with van der Waals surface area (Å²) in [4.78, 5) is 10.7. The Balaban J connectivity index is 2.53. The Kier molecular flexibility index (Phi) is 5.02. The molecule has 0 aliphatic carbocycles. The van der Waals surface area contributed by atoms with E-state index < -0.39 is 10.1 Å². The first kappa shape index (κ1) is 14.1. The van der Waals surface area contributed by atoms with Crippen LogP contribution >= 0.6 is 11.8 Å². The molecule has 0 saturated carbocycles. The zero-order valence-electron chi connectivity index (χ0n) is 9.67. The first-order chi connectivity index (χ1) is 7.87. The molecule has 17 heavy (non-hydrogen) atoms. The second kappa shape index (κ2) is 6.07. The van der Waals surface area contributed by atoms with E-state index in [2.05, 4.69) is 0 Å². The Hall–Kier alpha value is -1.01. The molecule has 0 bridgehead atoms. The summed E-state index contributed by atoms with van der Waals surface area (Å²) in [5.41, 5.74) is 1.04. The van der Waals surface area contributed by atoms with E-state index in [1.54, 1.807) is 24.3 Å². The first-order valence-electron chi connectivity index (χ1n) is 4.98. The minimum atomic E-state index is -3.47. The monoisotopic (exact) mass is 274 g/mol. The van der Waals surface area contributed by atoms with Crippen molar-refractivity contribution in [2.45, 2.75) is 13.3 Å². The van der Waals surface area contributed by atoms with E-state index in [4.69, 9.17) is 4.18 Å². The van der Waals surface area contributed by atoms with Gasteiger partial charge in [-0.1, -0.05) is 23.9 Å². The van der Waals surface area contributed by atoms with Crippen LogP contribution in [0.5, 0.6) is 5.75 Å². The number of thioether (sulfide) groups is 1. The minimum absolute atomic E-state index is 0.0991. The molecule has 1 aromatic rings. The van der Waals surface area contributed by atoms with Crippen LogP contribution in [0, 0.1) is 0 Å². The van der Waals surface area contributed by atoms with Gasteiger partial charge in [-0.3, -0.25) is 4.79 Å². The van der Waals surface area contributed by atoms with E-state index in [0.717, 1.165) is 24.0 Å². The minimum Gasteiger partial charge on any atom is -0.383 e. The van der Waals surface area contributed by atoms with Crippen molar-refractivity contribution in [2.24, 2.45) is 0 Å². The topological polar surface area (TPSA) is 60.4 Å². The van der Waals surface area contributed by atoms with Crippen molar-refractivity contribution in [3.8, 4) is 5.75 Å². The molecular formula is C11H14O4S2. The van der Waals surface area contributed by atoms with Gasteiger partial charge in [0.05, 0.1) is 6.26 Å². The first-order valence-corrected chi connectivity index (χ1v) is 7.79. The van der Waals surface area contributed by atoms with Gasteiger partial charge >= 0.3 is 10.1 Å². The lowest BCUT2D eigenvalue weighted by Crippen LogP contribution is -2.05. The number of carbonyl (C=O) groups is 1. The summed E-state index contributed by atoms with van der Waals surface area (Å²) < 4.78 is 26.5. The molecule has 0 fully saturated rings. The highest BCUT2D eigenvalue weighted by Gasteiger charge is 2.04. The fraction of sp³-hybridized carbons (Fsp3) is 0.364. The average Bonchev–Trinajstić information content (AvgIpc) is 2.18. The van der Waals surface area contributed by atoms with E-state index >= 15 is 0 Å². The van der Waals surface area contributed by atoms with Crippen LogP contribution < -0.4 is 4.18 Å². The number of hydrogen-bond donors (Lipinski definition) is 0. The van der Waals surface area contributed by atoms with Gasteiger partial charge in [-0.15, -0.1) is 0 Å². The molecule has 0 radical (unpaired) electrons. The Morgan fingerprint density at radius 2 is 1.88 bits per heavy atom. The summed E-state index contributed by atoms with van der Waals surface area (Å²) in [7, 11) is -3.47. The summed E-state index contributed by atoms with van der Waals surface area (Å²) in [6.45, 7) is 1.54. The maximum atomic E-state index is 10.9. The lowest BCUT2D eigenvalue weighted by Gasteiger charge is -2.04. The predicted molar refractivity (Wildman–Crippen MR) is 68.8 cm³/mol. The molecule has 0 heterocycles. The van der Waals surface area contributed by atoms with E-state index in [0.29, 0.717) is 5.75 Å². The lowest BCUT2D eigenvalue weighted by atomic mass is 10.2. The van der Waals surface area contributed by atoms with Gasteiger partial charge in [-0.2, -0.15) is 8.42 Å². The highest BCUT2D eigenvalue weighted by atomic mass is 32.2. The van der Waals surface area contributed by atoms with Crippen LogP contribution in [0.25, 0.3) is 0 Å². The summed E-state index contributed by atoms with van der Waals surface area (Å²) in [6, 6.07) is 6.80. The van der Waals surface area contributed by atoms with Crippen LogP contribution in [0.4, 0.5) is 0 Å². The number of carbonyl (C=O) groups excluding carboxylic acids is 1. The highest BCUT2D eigenvalue weighted by Crippen LogP contribution is 2.15. The predicted octanol–water partition coefficient (Wildman–Crippen LogP) is 1.85. The fourth-order valence-corrected chi connectivity index (χ4v) is 2.28. The largest absolute Gasteiger partial charge is 0.383 e. The van der Waals surface area contributed by atoms with Crippen molar-refractivity contribution < 1.29 is 17.4 Å². The molecule has 1 aromatic carbocycles. The van der Waals surface area contributed by atoms with Crippen molar-refractivity contribution >= 4 is 27.0 Å². The summed E-state index contributed by atoms with van der Waals surface area (Å²) in [5, 5.41) is 0.0991. The second-order valence-corrected chi connectivity index (χ2v) is 6.37. The maximum Gasteiger partial charge on any atom is 0.306 e. The molecule has 0 spiro atoms. The smallest absolute Gasteiger partial charge is 0.306 e. The summed E-state index contributed by atoms with van der Waals surface area (Å²) in [5.74, 6) is 1.03. The molecule has 0 saturated heterocycles. The van der Waals surface area contributed by atoms with E-state index in [1.807, 2.05) is 0 Å². The molecule has 94 valence electrons. The quantitative estimate of drug-likeness (QED) is 0.767. The normalized spacial score (nSPS) is 11.2. The van der Waals surface area contributed by atoms with Crippen LogP contribution in [0.15, 0.2) is 24.3 Å². The van der Waals surface area contributed by atoms with Crippen LogP contribution in [-0.4, -0.2) is 25.5 Å². The molecule has 0 aromatic heterocycles. The molecule has 0 unspecified atom stereocenters. The van der Waals surface area contributed by atoms with Gasteiger partial charge in [-0.05, 0) is 24.1 Å². The third-order valence-corrected chi connectivity index (χ3v) is 3.18. The fourth-order valence-electron chi connectivity index (χ4n) is 1.20. The molecule has 1 rings (SSSR count). The highest BCUT2D eigenvalue weighted by molar-refractivity contribution is 8.13. The van der Waals surface area contributed by atoms with Gasteiger partial charge in [0.15, 0.2) is 5.12 Å². The zero-order valence-corrected chi connectivity index (χ0v) is 11.3. The van der Waals surface area contributed by atoms with E-state index in [-0.39, 0.29) is 5.12 Å². The third-order valence-electron chi connectivity index (χ3n) is 1.87. The number of rotatable bonds is 5. The Bertz CT molecular complexity index is 477. The van der Waals surface area contributed by atoms with Gasteiger partial charge in [-0.25, -0.2) is 0 Å². The molecule has 0 aliphatic heterocycles. The van der Waals surface area contributed by atoms with Crippen LogP contribution in [0.1, 0.15) is 12.5 Å². The maximum absolute atomic E-state index is 10.9. The van der Waals surface area contributed by atoms with Crippen molar-refractivity contribution in [3.05, 3.63) is 29.8 Å². The van der Waals surface area contributed by atoms with Crippen LogP contribution in [0.2, 0.25) is 0 Å². The lowest BCUT2D eigenvalue weighted by molar-refractivity contribution is -0.109. The summed E-state index contributed by atoms with van der Waals surface area (Å²) >= 11 is 1.27. The van der Waals surface area contributed by atoms with Gasteiger partial charge in [0.25, 0.3) is 0 Å². The SMILES string of the molecule is CC(=O)SCCc1ccc(OS(C)(=O)=O)cc1. The second-order valence-electron chi connectivity index (χ2n) is 3.52. The molecule has 0 N–H and O–H groups in total. The average molecular weight is 274 g/mol. The van der Waals surface area contributed by atoms with Crippen molar-refractivity contribution in [1.29, 1.82) is 0 Å². The molecular weight excluding hydrogens is 260 g/mol. The summed E-state index contributed by atoms with van der Waals surface area (Å²) in [6.07, 6.45) is 1.77. The van der Waals surface area contributed by atoms with Gasteiger partial charge in [0, 0.05) is 12.7 Å². The third kappa shape index (κ3) is 6.33. The molecule has 4 nitrogen and oxygen atoms in total. The zero-order chi connectivity index (χ0) is 12.9. The molecule has 0 amide bonds. The van der Waals surface area contributed by atoms with Crippen LogP contribution in [0.3, 0.4) is 0 Å². The van der Waals surface area contributed by atoms with E-state index in [9.17, 15) is 13.2 Å². The van der Waals surface area contributed by atoms with Gasteiger partial charge in [0.2, 0.25) is 0 Å². The molecule has 6 heteroatoms. The number of hydrogen-bond acceptors (Lipinski definition) is 5. The molecule has 0 aliphatic rings. The standard InChI is InChI=1S/C11H14O4S2/c1-9(12)16-8-7-10-3-5-11(6-4-10)15-17(2,13)14/h3-6H,7-8H2,1-2H3. The van der Waals surface area contributed by atoms with E-state index in [1.165, 1.54) is 18.7 Å². The Morgan fingerprint density at radius 1 is 1.29 bits per heavy atom. The van der Waals surface area contributed by atoms with Gasteiger partial charge in [0.1, 0.15) is 5.75 Å². The van der Waals surface area contributed by atoms with Gasteiger partial charge < -0.3 is 4.18 Å². The molecule has 0 atom stereocenters. The Morgan fingerprint density at radius 3 is 2.35 bits per heavy atom. The Labute approximate surface area is 105 Å². The van der Waals surface area contributed by atoms with Crippen molar-refractivity contribution in [3.63, 3.8) is 0 Å².